The zero-order chi connectivity index (χ0) is 19.2. The predicted octanol–water partition coefficient (Wildman–Crippen LogP) is 5.35. The van der Waals surface area contributed by atoms with Gasteiger partial charge in [-0.1, -0.05) is 41.4 Å². The maximum atomic E-state index is 13.2. The van der Waals surface area contributed by atoms with Crippen molar-refractivity contribution in [3.63, 3.8) is 0 Å². The smallest absolute Gasteiger partial charge is 0.246 e. The van der Waals surface area contributed by atoms with Gasteiger partial charge in [-0.15, -0.1) is 0 Å². The minimum absolute atomic E-state index is 0.0296. The van der Waals surface area contributed by atoms with E-state index in [1.807, 2.05) is 0 Å². The molecule has 1 aliphatic heterocycles. The molecule has 1 atom stereocenters. The fourth-order valence-corrected chi connectivity index (χ4v) is 3.45. The Morgan fingerprint density at radius 3 is 2.67 bits per heavy atom. The maximum Gasteiger partial charge on any atom is 0.246 e. The number of hydrogen-bond donors (Lipinski definition) is 0. The molecule has 0 aromatic heterocycles. The molecule has 1 saturated heterocycles. The van der Waals surface area contributed by atoms with Gasteiger partial charge in [-0.3, -0.25) is 4.79 Å². The molecule has 0 saturated carbocycles. The molecule has 2 aromatic rings. The summed E-state index contributed by atoms with van der Waals surface area (Å²) in [4.78, 5) is 14.5. The Labute approximate surface area is 168 Å². The average Bonchev–Trinajstić information content (AvgIpc) is 3.15. The van der Waals surface area contributed by atoms with E-state index >= 15 is 0 Å². The van der Waals surface area contributed by atoms with Crippen LogP contribution in [-0.4, -0.2) is 30.1 Å². The zero-order valence-corrected chi connectivity index (χ0v) is 16.2. The van der Waals surface area contributed by atoms with Gasteiger partial charge in [-0.2, -0.15) is 0 Å². The van der Waals surface area contributed by atoms with Crippen molar-refractivity contribution in [3.05, 3.63) is 75.5 Å². The molecule has 1 unspecified atom stereocenters. The van der Waals surface area contributed by atoms with E-state index in [9.17, 15) is 9.18 Å². The van der Waals surface area contributed by atoms with Crippen LogP contribution in [0.1, 0.15) is 24.0 Å². The van der Waals surface area contributed by atoms with Crippen molar-refractivity contribution in [2.24, 2.45) is 0 Å². The summed E-state index contributed by atoms with van der Waals surface area (Å²) in [5.74, 6) is -0.450. The highest BCUT2D eigenvalue weighted by molar-refractivity contribution is 6.35. The summed E-state index contributed by atoms with van der Waals surface area (Å²) < 4.78 is 18.8. The van der Waals surface area contributed by atoms with Gasteiger partial charge in [0.2, 0.25) is 5.91 Å². The molecule has 1 aliphatic rings. The molecule has 142 valence electrons. The van der Waals surface area contributed by atoms with Crippen LogP contribution < -0.4 is 0 Å². The van der Waals surface area contributed by atoms with Gasteiger partial charge in [0.1, 0.15) is 5.82 Å². The fourth-order valence-electron chi connectivity index (χ4n) is 2.98. The van der Waals surface area contributed by atoms with Crippen molar-refractivity contribution in [2.45, 2.75) is 25.5 Å². The third-order valence-electron chi connectivity index (χ3n) is 4.41. The Balaban J connectivity index is 1.74. The van der Waals surface area contributed by atoms with Gasteiger partial charge in [-0.05, 0) is 54.3 Å². The van der Waals surface area contributed by atoms with E-state index in [4.69, 9.17) is 27.9 Å². The van der Waals surface area contributed by atoms with E-state index < -0.39 is 0 Å². The van der Waals surface area contributed by atoms with Crippen LogP contribution in [0.25, 0.3) is 6.08 Å². The second kappa shape index (κ2) is 9.36. The molecule has 0 spiro atoms. The first-order chi connectivity index (χ1) is 13.0. The van der Waals surface area contributed by atoms with Crippen LogP contribution >= 0.6 is 23.2 Å². The molecule has 1 amide bonds. The van der Waals surface area contributed by atoms with Crippen molar-refractivity contribution in [2.75, 3.05) is 13.2 Å². The summed E-state index contributed by atoms with van der Waals surface area (Å²) in [5.41, 5.74) is 1.58. The summed E-state index contributed by atoms with van der Waals surface area (Å²) in [7, 11) is 0. The maximum absolute atomic E-state index is 13.2. The lowest BCUT2D eigenvalue weighted by Crippen LogP contribution is -2.35. The molecule has 0 N–H and O–H groups in total. The van der Waals surface area contributed by atoms with Gasteiger partial charge in [-0.25, -0.2) is 4.39 Å². The van der Waals surface area contributed by atoms with Crippen LogP contribution in [0.3, 0.4) is 0 Å². The van der Waals surface area contributed by atoms with Gasteiger partial charge in [0, 0.05) is 35.8 Å². The first kappa shape index (κ1) is 19.9. The lowest BCUT2D eigenvalue weighted by Gasteiger charge is -2.24. The van der Waals surface area contributed by atoms with E-state index in [1.165, 1.54) is 18.2 Å². The number of amides is 1. The molecule has 1 heterocycles. The third-order valence-corrected chi connectivity index (χ3v) is 4.98. The second-order valence-corrected chi connectivity index (χ2v) is 7.32. The lowest BCUT2D eigenvalue weighted by atomic mass is 10.1. The Bertz CT molecular complexity index is 817. The molecule has 3 rings (SSSR count). The number of halogens is 3. The normalized spacial score (nSPS) is 16.8. The van der Waals surface area contributed by atoms with Crippen LogP contribution in [0.2, 0.25) is 10.0 Å². The number of nitrogens with zero attached hydrogens (tertiary/aromatic N) is 1. The Morgan fingerprint density at radius 2 is 2.00 bits per heavy atom. The number of ether oxygens (including phenoxy) is 1. The Kier molecular flexibility index (Phi) is 6.89. The number of carbonyl (C=O) groups excluding carboxylic acids is 1. The Hall–Kier alpha value is -1.88. The molecule has 0 bridgehead atoms. The molecule has 0 radical (unpaired) electrons. The highest BCUT2D eigenvalue weighted by atomic mass is 35.5. The van der Waals surface area contributed by atoms with Gasteiger partial charge in [0.15, 0.2) is 0 Å². The Morgan fingerprint density at radius 1 is 1.22 bits per heavy atom. The highest BCUT2D eigenvalue weighted by Gasteiger charge is 2.21. The number of rotatable bonds is 6. The van der Waals surface area contributed by atoms with Crippen molar-refractivity contribution in [1.29, 1.82) is 0 Å². The standard InChI is InChI=1S/C21H20Cl2FNO2/c22-17-7-5-16(20(23)12-17)6-10-21(26)25(14-19-2-1-11-27-19)13-15-3-8-18(24)9-4-15/h3-10,12,19H,1-2,11,13-14H2/b10-6+. The lowest BCUT2D eigenvalue weighted by molar-refractivity contribution is -0.128. The van der Waals surface area contributed by atoms with Gasteiger partial charge in [0.05, 0.1) is 6.10 Å². The molecule has 1 fully saturated rings. The third kappa shape index (κ3) is 5.80. The van der Waals surface area contributed by atoms with E-state index in [0.29, 0.717) is 28.7 Å². The summed E-state index contributed by atoms with van der Waals surface area (Å²) in [6.45, 7) is 1.60. The average molecular weight is 408 g/mol. The molecular formula is C21H20Cl2FNO2. The van der Waals surface area contributed by atoms with Crippen molar-refractivity contribution >= 4 is 35.2 Å². The quantitative estimate of drug-likeness (QED) is 0.603. The number of benzene rings is 2. The number of carbonyl (C=O) groups is 1. The van der Waals surface area contributed by atoms with E-state index in [1.54, 1.807) is 41.3 Å². The number of hydrogen-bond acceptors (Lipinski definition) is 2. The van der Waals surface area contributed by atoms with Crippen LogP contribution in [0.5, 0.6) is 0 Å². The summed E-state index contributed by atoms with van der Waals surface area (Å²) in [6.07, 6.45) is 5.13. The van der Waals surface area contributed by atoms with Crippen molar-refractivity contribution in [1.82, 2.24) is 4.90 Å². The van der Waals surface area contributed by atoms with Crippen LogP contribution in [0, 0.1) is 5.82 Å². The van der Waals surface area contributed by atoms with E-state index in [-0.39, 0.29) is 17.8 Å². The molecule has 0 aliphatic carbocycles. The van der Waals surface area contributed by atoms with Crippen molar-refractivity contribution in [3.8, 4) is 0 Å². The predicted molar refractivity (Wildman–Crippen MR) is 106 cm³/mol. The van der Waals surface area contributed by atoms with Crippen molar-refractivity contribution < 1.29 is 13.9 Å². The fraction of sp³-hybridized carbons (Fsp3) is 0.286. The second-order valence-electron chi connectivity index (χ2n) is 6.48. The first-order valence-corrected chi connectivity index (χ1v) is 9.55. The first-order valence-electron chi connectivity index (χ1n) is 8.79. The molecule has 3 nitrogen and oxygen atoms in total. The zero-order valence-electron chi connectivity index (χ0n) is 14.7. The molecule has 2 aromatic carbocycles. The largest absolute Gasteiger partial charge is 0.376 e. The van der Waals surface area contributed by atoms with Gasteiger partial charge in [0.25, 0.3) is 0 Å². The molecular weight excluding hydrogens is 388 g/mol. The molecule has 6 heteroatoms. The van der Waals surface area contributed by atoms with E-state index in [0.717, 1.165) is 25.0 Å². The SMILES string of the molecule is O=C(/C=C/c1ccc(Cl)cc1Cl)N(Cc1ccc(F)cc1)CC1CCCO1. The van der Waals surface area contributed by atoms with Gasteiger partial charge >= 0.3 is 0 Å². The monoisotopic (exact) mass is 407 g/mol. The van der Waals surface area contributed by atoms with E-state index in [2.05, 4.69) is 0 Å². The summed E-state index contributed by atoms with van der Waals surface area (Å²) in [5, 5.41) is 1.02. The van der Waals surface area contributed by atoms with Crippen LogP contribution in [0.15, 0.2) is 48.5 Å². The minimum Gasteiger partial charge on any atom is -0.376 e. The van der Waals surface area contributed by atoms with Gasteiger partial charge < -0.3 is 9.64 Å². The van der Waals surface area contributed by atoms with Crippen LogP contribution in [-0.2, 0) is 16.1 Å². The topological polar surface area (TPSA) is 29.5 Å². The minimum atomic E-state index is -0.298. The molecule has 27 heavy (non-hydrogen) atoms. The summed E-state index contributed by atoms with van der Waals surface area (Å²) >= 11 is 12.1. The van der Waals surface area contributed by atoms with Crippen LogP contribution in [0.4, 0.5) is 4.39 Å². The highest BCUT2D eigenvalue weighted by Crippen LogP contribution is 2.22. The summed E-state index contributed by atoms with van der Waals surface area (Å²) in [6, 6.07) is 11.3.